The summed E-state index contributed by atoms with van der Waals surface area (Å²) in [5, 5.41) is 1.51. The lowest BCUT2D eigenvalue weighted by molar-refractivity contribution is 0.0602. The van der Waals surface area contributed by atoms with Crippen LogP contribution in [-0.2, 0) is 14.8 Å². The van der Waals surface area contributed by atoms with Crippen LogP contribution < -0.4 is 4.72 Å². The molecular formula is C18H20N2O5S2. The van der Waals surface area contributed by atoms with E-state index in [9.17, 15) is 18.0 Å². The zero-order chi connectivity index (χ0) is 19.4. The Morgan fingerprint density at radius 2 is 1.81 bits per heavy atom. The van der Waals surface area contributed by atoms with Crippen LogP contribution in [0.5, 0.6) is 0 Å². The van der Waals surface area contributed by atoms with Crippen molar-refractivity contribution in [2.75, 3.05) is 24.9 Å². The SMILES string of the molecule is COC(=O)c1sccc1S(=O)(=O)Nc1ccccc1C(=O)N1CCCCC1. The topological polar surface area (TPSA) is 92.8 Å². The Morgan fingerprint density at radius 3 is 2.52 bits per heavy atom. The number of carbonyl (C=O) groups is 2. The van der Waals surface area contributed by atoms with Crippen LogP contribution in [0.3, 0.4) is 0 Å². The predicted octanol–water partition coefficient (Wildman–Crippen LogP) is 2.96. The van der Waals surface area contributed by atoms with Gasteiger partial charge < -0.3 is 9.64 Å². The van der Waals surface area contributed by atoms with Crippen molar-refractivity contribution in [3.05, 3.63) is 46.2 Å². The number of anilines is 1. The second-order valence-electron chi connectivity index (χ2n) is 6.11. The van der Waals surface area contributed by atoms with Crippen LogP contribution in [0.1, 0.15) is 39.3 Å². The van der Waals surface area contributed by atoms with Crippen molar-refractivity contribution in [1.82, 2.24) is 4.90 Å². The molecular weight excluding hydrogens is 388 g/mol. The van der Waals surface area contributed by atoms with Gasteiger partial charge in [-0.1, -0.05) is 12.1 Å². The molecule has 1 saturated heterocycles. The highest BCUT2D eigenvalue weighted by Gasteiger charge is 2.27. The first-order valence-corrected chi connectivity index (χ1v) is 10.9. The van der Waals surface area contributed by atoms with Crippen molar-refractivity contribution < 1.29 is 22.7 Å². The van der Waals surface area contributed by atoms with Gasteiger partial charge in [-0.3, -0.25) is 9.52 Å². The van der Waals surface area contributed by atoms with Gasteiger partial charge in [-0.25, -0.2) is 13.2 Å². The first-order valence-electron chi connectivity index (χ1n) is 8.51. The largest absolute Gasteiger partial charge is 0.465 e. The molecule has 0 spiro atoms. The Kier molecular flexibility index (Phi) is 5.81. The molecule has 27 heavy (non-hydrogen) atoms. The van der Waals surface area contributed by atoms with Gasteiger partial charge in [-0.05, 0) is 42.8 Å². The number of para-hydroxylation sites is 1. The minimum absolute atomic E-state index is 0.00941. The molecule has 9 heteroatoms. The van der Waals surface area contributed by atoms with Crippen molar-refractivity contribution in [3.8, 4) is 0 Å². The Morgan fingerprint density at radius 1 is 1.11 bits per heavy atom. The van der Waals surface area contributed by atoms with E-state index in [1.165, 1.54) is 18.6 Å². The summed E-state index contributed by atoms with van der Waals surface area (Å²) in [5.41, 5.74) is 0.480. The number of hydrogen-bond donors (Lipinski definition) is 1. The van der Waals surface area contributed by atoms with Crippen LogP contribution in [0.15, 0.2) is 40.6 Å². The maximum Gasteiger partial charge on any atom is 0.349 e. The molecule has 0 atom stereocenters. The Bertz CT molecular complexity index is 946. The lowest BCUT2D eigenvalue weighted by Gasteiger charge is -2.27. The minimum Gasteiger partial charge on any atom is -0.465 e. The monoisotopic (exact) mass is 408 g/mol. The fraction of sp³-hybridized carbons (Fsp3) is 0.333. The number of ether oxygens (including phenoxy) is 1. The number of amides is 1. The lowest BCUT2D eigenvalue weighted by atomic mass is 10.1. The molecule has 0 bridgehead atoms. The maximum absolute atomic E-state index is 12.8. The molecule has 0 saturated carbocycles. The van der Waals surface area contributed by atoms with Crippen LogP contribution in [0.2, 0.25) is 0 Å². The average Bonchev–Trinajstić information content (AvgIpc) is 3.19. The fourth-order valence-electron chi connectivity index (χ4n) is 2.98. The number of methoxy groups -OCH3 is 1. The van der Waals surface area contributed by atoms with Gasteiger partial charge in [-0.15, -0.1) is 11.3 Å². The van der Waals surface area contributed by atoms with Crippen LogP contribution >= 0.6 is 11.3 Å². The molecule has 1 aliphatic heterocycles. The van der Waals surface area contributed by atoms with Crippen LogP contribution in [-0.4, -0.2) is 45.4 Å². The third-order valence-electron chi connectivity index (χ3n) is 4.33. The highest BCUT2D eigenvalue weighted by Crippen LogP contribution is 2.27. The number of benzene rings is 1. The van der Waals surface area contributed by atoms with E-state index in [-0.39, 0.29) is 26.9 Å². The number of sulfonamides is 1. The second-order valence-corrected chi connectivity index (χ2v) is 8.68. The molecule has 1 aliphatic rings. The summed E-state index contributed by atoms with van der Waals surface area (Å²) in [5.74, 6) is -0.922. The summed E-state index contributed by atoms with van der Waals surface area (Å²) in [4.78, 5) is 26.2. The third kappa shape index (κ3) is 4.14. The van der Waals surface area contributed by atoms with Gasteiger partial charge in [0.2, 0.25) is 0 Å². The summed E-state index contributed by atoms with van der Waals surface area (Å²) < 4.78 is 32.7. The molecule has 0 aliphatic carbocycles. The highest BCUT2D eigenvalue weighted by molar-refractivity contribution is 7.93. The number of carbonyl (C=O) groups excluding carboxylic acids is 2. The van der Waals surface area contributed by atoms with Crippen molar-refractivity contribution in [2.45, 2.75) is 24.2 Å². The van der Waals surface area contributed by atoms with E-state index < -0.39 is 16.0 Å². The molecule has 1 fully saturated rings. The van der Waals surface area contributed by atoms with E-state index in [0.29, 0.717) is 13.1 Å². The van der Waals surface area contributed by atoms with E-state index in [1.807, 2.05) is 0 Å². The van der Waals surface area contributed by atoms with Gasteiger partial charge in [0.1, 0.15) is 9.77 Å². The first kappa shape index (κ1) is 19.4. The van der Waals surface area contributed by atoms with Crippen LogP contribution in [0.25, 0.3) is 0 Å². The average molecular weight is 409 g/mol. The second kappa shape index (κ2) is 8.10. The molecule has 1 aromatic heterocycles. The summed E-state index contributed by atoms with van der Waals surface area (Å²) in [7, 11) is -2.86. The van der Waals surface area contributed by atoms with Crippen molar-refractivity contribution in [2.24, 2.45) is 0 Å². The quantitative estimate of drug-likeness (QED) is 0.768. The lowest BCUT2D eigenvalue weighted by Crippen LogP contribution is -2.36. The van der Waals surface area contributed by atoms with Gasteiger partial charge >= 0.3 is 5.97 Å². The van der Waals surface area contributed by atoms with E-state index >= 15 is 0 Å². The maximum atomic E-state index is 12.8. The Labute approximate surface area is 162 Å². The number of esters is 1. The van der Waals surface area contributed by atoms with Crippen LogP contribution in [0, 0.1) is 0 Å². The summed E-state index contributed by atoms with van der Waals surface area (Å²) >= 11 is 0.984. The number of nitrogens with one attached hydrogen (secondary N) is 1. The number of nitrogens with zero attached hydrogens (tertiary/aromatic N) is 1. The summed E-state index contributed by atoms with van der Waals surface area (Å²) in [6.45, 7) is 1.33. The van der Waals surface area contributed by atoms with Crippen molar-refractivity contribution in [3.63, 3.8) is 0 Å². The fourth-order valence-corrected chi connectivity index (χ4v) is 5.39. The van der Waals surface area contributed by atoms with Crippen molar-refractivity contribution >= 4 is 38.9 Å². The van der Waals surface area contributed by atoms with E-state index in [1.54, 1.807) is 29.2 Å². The third-order valence-corrected chi connectivity index (χ3v) is 6.77. The smallest absolute Gasteiger partial charge is 0.349 e. The molecule has 0 radical (unpaired) electrons. The van der Waals surface area contributed by atoms with E-state index in [4.69, 9.17) is 0 Å². The summed E-state index contributed by atoms with van der Waals surface area (Å²) in [6.07, 6.45) is 2.97. The van der Waals surface area contributed by atoms with E-state index in [0.717, 1.165) is 30.6 Å². The number of hydrogen-bond acceptors (Lipinski definition) is 6. The van der Waals surface area contributed by atoms with E-state index in [2.05, 4.69) is 9.46 Å². The molecule has 1 aromatic carbocycles. The normalized spacial score (nSPS) is 14.6. The molecule has 144 valence electrons. The number of rotatable bonds is 5. The van der Waals surface area contributed by atoms with Gasteiger partial charge in [0.05, 0.1) is 18.4 Å². The van der Waals surface area contributed by atoms with Gasteiger partial charge in [0.25, 0.3) is 15.9 Å². The number of thiophene rings is 1. The Hall–Kier alpha value is -2.39. The predicted molar refractivity (Wildman–Crippen MR) is 103 cm³/mol. The Balaban J connectivity index is 1.91. The minimum atomic E-state index is -4.05. The molecule has 1 N–H and O–H groups in total. The molecule has 3 rings (SSSR count). The number of likely N-dealkylation sites (tertiary alicyclic amines) is 1. The van der Waals surface area contributed by atoms with Crippen LogP contribution in [0.4, 0.5) is 5.69 Å². The molecule has 2 aromatic rings. The molecule has 1 amide bonds. The number of piperidine rings is 1. The van der Waals surface area contributed by atoms with Gasteiger partial charge in [-0.2, -0.15) is 0 Å². The van der Waals surface area contributed by atoms with Gasteiger partial charge in [0, 0.05) is 13.1 Å². The molecule has 2 heterocycles. The van der Waals surface area contributed by atoms with Gasteiger partial charge in [0.15, 0.2) is 0 Å². The molecule has 7 nitrogen and oxygen atoms in total. The zero-order valence-electron chi connectivity index (χ0n) is 14.8. The van der Waals surface area contributed by atoms with Crippen molar-refractivity contribution in [1.29, 1.82) is 0 Å². The molecule has 0 unspecified atom stereocenters. The first-order chi connectivity index (χ1) is 12.9. The zero-order valence-corrected chi connectivity index (χ0v) is 16.4. The summed E-state index contributed by atoms with van der Waals surface area (Å²) in [6, 6.07) is 7.83. The standard InChI is InChI=1S/C18H20N2O5S2/c1-25-18(22)16-15(9-12-26-16)27(23,24)19-14-8-4-3-7-13(14)17(21)20-10-5-2-6-11-20/h3-4,7-9,12,19H,2,5-6,10-11H2,1H3. The highest BCUT2D eigenvalue weighted by atomic mass is 32.2.